The molecule has 0 aliphatic carbocycles. The summed E-state index contributed by atoms with van der Waals surface area (Å²) in [6.07, 6.45) is -4.46. The molecule has 1 N–H and O–H groups in total. The van der Waals surface area contributed by atoms with Gasteiger partial charge in [-0.15, -0.1) is 0 Å². The molecule has 0 atom stereocenters. The van der Waals surface area contributed by atoms with Crippen LogP contribution in [0.15, 0.2) is 22.7 Å². The van der Waals surface area contributed by atoms with Gasteiger partial charge in [-0.1, -0.05) is 0 Å². The Labute approximate surface area is 122 Å². The molecule has 1 amide bonds. The van der Waals surface area contributed by atoms with Crippen molar-refractivity contribution in [1.29, 1.82) is 0 Å². The van der Waals surface area contributed by atoms with Crippen LogP contribution in [0.5, 0.6) is 0 Å². The topological polar surface area (TPSA) is 47.6 Å². The normalized spacial score (nSPS) is 11.4. The van der Waals surface area contributed by atoms with Gasteiger partial charge >= 0.3 is 6.18 Å². The van der Waals surface area contributed by atoms with Crippen molar-refractivity contribution < 1.29 is 27.4 Å². The Morgan fingerprint density at radius 1 is 1.35 bits per heavy atom. The molecule has 0 heterocycles. The first-order chi connectivity index (χ1) is 9.34. The molecule has 0 aliphatic rings. The van der Waals surface area contributed by atoms with Crippen molar-refractivity contribution in [3.63, 3.8) is 0 Å². The molecule has 0 spiro atoms. The van der Waals surface area contributed by atoms with Crippen LogP contribution in [-0.2, 0) is 20.4 Å². The number of benzene rings is 1. The molecular weight excluding hydrogens is 343 g/mol. The summed E-state index contributed by atoms with van der Waals surface area (Å²) in [5, 5.41) is 2.35. The molecule has 20 heavy (non-hydrogen) atoms. The van der Waals surface area contributed by atoms with Crippen molar-refractivity contribution in [3.05, 3.63) is 28.2 Å². The lowest BCUT2D eigenvalue weighted by molar-refractivity contribution is -0.137. The van der Waals surface area contributed by atoms with Crippen molar-refractivity contribution in [2.75, 3.05) is 32.2 Å². The van der Waals surface area contributed by atoms with Gasteiger partial charge in [0.1, 0.15) is 6.61 Å². The summed E-state index contributed by atoms with van der Waals surface area (Å²) in [5.41, 5.74) is -0.795. The molecule has 0 aromatic heterocycles. The zero-order valence-electron chi connectivity index (χ0n) is 10.6. The molecule has 4 nitrogen and oxygen atoms in total. The molecule has 1 rings (SSSR count). The molecular formula is C12H13BrF3NO3. The molecule has 1 aromatic rings. The number of hydrogen-bond acceptors (Lipinski definition) is 3. The molecule has 112 valence electrons. The van der Waals surface area contributed by atoms with Gasteiger partial charge in [-0.2, -0.15) is 13.2 Å². The van der Waals surface area contributed by atoms with Gasteiger partial charge in [-0.3, -0.25) is 4.79 Å². The van der Waals surface area contributed by atoms with Crippen molar-refractivity contribution in [3.8, 4) is 0 Å². The molecule has 0 saturated heterocycles. The standard InChI is InChI=1S/C12H13BrF3NO3/c1-19-4-5-20-7-11(18)17-10-6-8(12(14,15)16)2-3-9(10)13/h2-3,6H,4-5,7H2,1H3,(H,17,18). The fraction of sp³-hybridized carbons (Fsp3) is 0.417. The molecule has 1 aromatic carbocycles. The van der Waals surface area contributed by atoms with Crippen LogP contribution in [0.25, 0.3) is 0 Å². The lowest BCUT2D eigenvalue weighted by Crippen LogP contribution is -2.20. The summed E-state index contributed by atoms with van der Waals surface area (Å²) < 4.78 is 47.7. The average molecular weight is 356 g/mol. The Kier molecular flexibility index (Phi) is 6.44. The van der Waals surface area contributed by atoms with Gasteiger partial charge < -0.3 is 14.8 Å². The van der Waals surface area contributed by atoms with E-state index in [-0.39, 0.29) is 18.9 Å². The van der Waals surface area contributed by atoms with Crippen LogP contribution in [0.4, 0.5) is 18.9 Å². The quantitative estimate of drug-likeness (QED) is 0.797. The highest BCUT2D eigenvalue weighted by atomic mass is 79.9. The first-order valence-corrected chi connectivity index (χ1v) is 6.37. The van der Waals surface area contributed by atoms with E-state index in [4.69, 9.17) is 9.47 Å². The molecule has 0 fully saturated rings. The Morgan fingerprint density at radius 3 is 2.65 bits per heavy atom. The van der Waals surface area contributed by atoms with Gasteiger partial charge in [-0.25, -0.2) is 0 Å². The van der Waals surface area contributed by atoms with E-state index >= 15 is 0 Å². The van der Waals surface area contributed by atoms with Gasteiger partial charge in [0.25, 0.3) is 0 Å². The first-order valence-electron chi connectivity index (χ1n) is 5.58. The highest BCUT2D eigenvalue weighted by molar-refractivity contribution is 9.10. The number of ether oxygens (including phenoxy) is 2. The smallest absolute Gasteiger partial charge is 0.382 e. The Balaban J connectivity index is 2.65. The van der Waals surface area contributed by atoms with Gasteiger partial charge in [0.2, 0.25) is 5.91 Å². The van der Waals surface area contributed by atoms with Crippen LogP contribution >= 0.6 is 15.9 Å². The minimum absolute atomic E-state index is 0.0418. The maximum absolute atomic E-state index is 12.6. The van der Waals surface area contributed by atoms with Gasteiger partial charge in [0.15, 0.2) is 0 Å². The van der Waals surface area contributed by atoms with Crippen molar-refractivity contribution >= 4 is 27.5 Å². The van der Waals surface area contributed by atoms with Crippen LogP contribution in [-0.4, -0.2) is 32.8 Å². The first kappa shape index (κ1) is 16.9. The van der Waals surface area contributed by atoms with E-state index in [0.717, 1.165) is 12.1 Å². The van der Waals surface area contributed by atoms with Crippen LogP contribution in [0, 0.1) is 0 Å². The summed E-state index contributed by atoms with van der Waals surface area (Å²) in [4.78, 5) is 11.5. The van der Waals surface area contributed by atoms with E-state index in [0.29, 0.717) is 11.1 Å². The fourth-order valence-corrected chi connectivity index (χ4v) is 1.64. The van der Waals surface area contributed by atoms with Crippen molar-refractivity contribution in [1.82, 2.24) is 0 Å². The third-order valence-corrected chi connectivity index (χ3v) is 2.92. The Hall–Kier alpha value is -1.12. The number of carbonyl (C=O) groups excluding carboxylic acids is 1. The maximum Gasteiger partial charge on any atom is 0.416 e. The average Bonchev–Trinajstić information content (AvgIpc) is 2.36. The van der Waals surface area contributed by atoms with E-state index in [1.54, 1.807) is 0 Å². The lowest BCUT2D eigenvalue weighted by atomic mass is 10.2. The SMILES string of the molecule is COCCOCC(=O)Nc1cc(C(F)(F)F)ccc1Br. The maximum atomic E-state index is 12.6. The number of methoxy groups -OCH3 is 1. The Morgan fingerprint density at radius 2 is 2.05 bits per heavy atom. The van der Waals surface area contributed by atoms with Crippen LogP contribution < -0.4 is 5.32 Å². The molecule has 0 unspecified atom stereocenters. The zero-order chi connectivity index (χ0) is 15.2. The van der Waals surface area contributed by atoms with Crippen molar-refractivity contribution in [2.24, 2.45) is 0 Å². The fourth-order valence-electron chi connectivity index (χ4n) is 1.29. The van der Waals surface area contributed by atoms with Gasteiger partial charge in [0, 0.05) is 11.6 Å². The van der Waals surface area contributed by atoms with E-state index in [2.05, 4.69) is 21.2 Å². The molecule has 0 radical (unpaired) electrons. The number of hydrogen-bond donors (Lipinski definition) is 1. The predicted octanol–water partition coefficient (Wildman–Crippen LogP) is 3.07. The van der Waals surface area contributed by atoms with Crippen LogP contribution in [0.2, 0.25) is 0 Å². The predicted molar refractivity (Wildman–Crippen MR) is 70.5 cm³/mol. The van der Waals surface area contributed by atoms with E-state index in [1.165, 1.54) is 13.2 Å². The van der Waals surface area contributed by atoms with Gasteiger partial charge in [0.05, 0.1) is 24.5 Å². The van der Waals surface area contributed by atoms with E-state index in [1.807, 2.05) is 0 Å². The minimum atomic E-state index is -4.46. The highest BCUT2D eigenvalue weighted by Crippen LogP contribution is 2.33. The molecule has 0 saturated carbocycles. The van der Waals surface area contributed by atoms with Gasteiger partial charge in [-0.05, 0) is 34.1 Å². The largest absolute Gasteiger partial charge is 0.416 e. The number of alkyl halides is 3. The van der Waals surface area contributed by atoms with E-state index in [9.17, 15) is 18.0 Å². The summed E-state index contributed by atoms with van der Waals surface area (Å²) in [6, 6.07) is 3.01. The monoisotopic (exact) mass is 355 g/mol. The summed E-state index contributed by atoms with van der Waals surface area (Å²) in [7, 11) is 1.49. The lowest BCUT2D eigenvalue weighted by Gasteiger charge is -2.12. The second-order valence-electron chi connectivity index (χ2n) is 3.79. The second kappa shape index (κ2) is 7.61. The van der Waals surface area contributed by atoms with Crippen LogP contribution in [0.1, 0.15) is 5.56 Å². The molecule has 0 bridgehead atoms. The third kappa shape index (κ3) is 5.48. The van der Waals surface area contributed by atoms with Crippen molar-refractivity contribution in [2.45, 2.75) is 6.18 Å². The Bertz CT molecular complexity index is 466. The number of amides is 1. The number of carbonyl (C=O) groups is 1. The highest BCUT2D eigenvalue weighted by Gasteiger charge is 2.31. The zero-order valence-corrected chi connectivity index (χ0v) is 12.2. The summed E-state index contributed by atoms with van der Waals surface area (Å²) in [6.45, 7) is 0.306. The number of nitrogens with one attached hydrogen (secondary N) is 1. The number of rotatable bonds is 6. The number of anilines is 1. The second-order valence-corrected chi connectivity index (χ2v) is 4.64. The van der Waals surface area contributed by atoms with E-state index < -0.39 is 17.6 Å². The summed E-state index contributed by atoms with van der Waals surface area (Å²) in [5.74, 6) is -0.541. The third-order valence-electron chi connectivity index (χ3n) is 2.23. The van der Waals surface area contributed by atoms with Crippen LogP contribution in [0.3, 0.4) is 0 Å². The summed E-state index contributed by atoms with van der Waals surface area (Å²) >= 11 is 3.08. The number of halogens is 4. The molecule has 0 aliphatic heterocycles. The minimum Gasteiger partial charge on any atom is -0.382 e. The molecule has 8 heteroatoms.